The number of carboxylic acid groups (broad SMARTS) is 1. The van der Waals surface area contributed by atoms with Gasteiger partial charge in [-0.3, -0.25) is 0 Å². The fourth-order valence-electron chi connectivity index (χ4n) is 1.92. The highest BCUT2D eigenvalue weighted by Gasteiger charge is 2.34. The number of carbonyl (C=O) groups excluding carboxylic acids is 1. The maximum absolute atomic E-state index is 12.2. The van der Waals surface area contributed by atoms with Crippen LogP contribution in [0.3, 0.4) is 0 Å². The van der Waals surface area contributed by atoms with Crippen LogP contribution in [-0.2, 0) is 4.79 Å². The Hall–Kier alpha value is -2.09. The molecule has 21 heavy (non-hydrogen) atoms. The average molecular weight is 312 g/mol. The Labute approximate surface area is 126 Å². The molecule has 114 valence electrons. The summed E-state index contributed by atoms with van der Waals surface area (Å²) in [6.45, 7) is 0. The third kappa shape index (κ3) is 3.52. The summed E-state index contributed by atoms with van der Waals surface area (Å²) in [7, 11) is 3.02. The van der Waals surface area contributed by atoms with Gasteiger partial charge in [-0.15, -0.1) is 11.8 Å². The molecule has 8 heteroatoms. The van der Waals surface area contributed by atoms with E-state index in [0.29, 0.717) is 28.8 Å². The molecule has 0 radical (unpaired) electrons. The van der Waals surface area contributed by atoms with Gasteiger partial charge in [-0.25, -0.2) is 9.59 Å². The molecule has 2 N–H and O–H groups in total. The van der Waals surface area contributed by atoms with Crippen molar-refractivity contribution < 1.29 is 24.2 Å². The maximum Gasteiger partial charge on any atom is 0.327 e. The van der Waals surface area contributed by atoms with Crippen molar-refractivity contribution in [2.75, 3.05) is 31.2 Å². The van der Waals surface area contributed by atoms with Gasteiger partial charge in [0.25, 0.3) is 0 Å². The first kappa shape index (κ1) is 15.3. The molecule has 1 heterocycles. The van der Waals surface area contributed by atoms with E-state index in [4.69, 9.17) is 14.6 Å². The highest BCUT2D eigenvalue weighted by Crippen LogP contribution is 2.27. The second-order valence-corrected chi connectivity index (χ2v) is 5.35. The van der Waals surface area contributed by atoms with E-state index in [1.807, 2.05) is 0 Å². The van der Waals surface area contributed by atoms with Gasteiger partial charge in [0.15, 0.2) is 0 Å². The summed E-state index contributed by atoms with van der Waals surface area (Å²) in [5.41, 5.74) is 0.484. The van der Waals surface area contributed by atoms with E-state index in [1.165, 1.54) is 30.9 Å². The number of carboxylic acids is 1. The van der Waals surface area contributed by atoms with Gasteiger partial charge in [0.2, 0.25) is 0 Å². The molecule has 0 aromatic heterocycles. The molecule has 0 bridgehead atoms. The largest absolute Gasteiger partial charge is 0.497 e. The molecule has 1 aromatic carbocycles. The monoisotopic (exact) mass is 312 g/mol. The molecule has 7 nitrogen and oxygen atoms in total. The number of amides is 2. The van der Waals surface area contributed by atoms with Crippen LogP contribution in [0.25, 0.3) is 0 Å². The molecule has 0 spiro atoms. The molecule has 2 amide bonds. The lowest BCUT2D eigenvalue weighted by molar-refractivity contribution is -0.140. The summed E-state index contributed by atoms with van der Waals surface area (Å²) < 4.78 is 10.2. The minimum Gasteiger partial charge on any atom is -0.497 e. The predicted molar refractivity (Wildman–Crippen MR) is 79.2 cm³/mol. The van der Waals surface area contributed by atoms with E-state index in [-0.39, 0.29) is 0 Å². The SMILES string of the molecule is COc1cc(NC(=O)N2CSCC2C(=O)O)cc(OC)c1. The summed E-state index contributed by atoms with van der Waals surface area (Å²) in [6.07, 6.45) is 0. The number of benzene rings is 1. The lowest BCUT2D eigenvalue weighted by Crippen LogP contribution is -2.43. The summed E-state index contributed by atoms with van der Waals surface area (Å²) in [5.74, 6) is 0.817. The van der Waals surface area contributed by atoms with Crippen LogP contribution in [0.4, 0.5) is 10.5 Å². The van der Waals surface area contributed by atoms with Gasteiger partial charge in [0, 0.05) is 29.6 Å². The normalized spacial score (nSPS) is 17.4. The van der Waals surface area contributed by atoms with Crippen LogP contribution in [0, 0.1) is 0 Å². The van der Waals surface area contributed by atoms with E-state index in [9.17, 15) is 9.59 Å². The quantitative estimate of drug-likeness (QED) is 0.879. The third-order valence-electron chi connectivity index (χ3n) is 3.03. The molecule has 0 aliphatic carbocycles. The Morgan fingerprint density at radius 1 is 1.29 bits per heavy atom. The number of hydrogen-bond acceptors (Lipinski definition) is 5. The molecule has 1 aliphatic heterocycles. The predicted octanol–water partition coefficient (Wildman–Crippen LogP) is 1.70. The van der Waals surface area contributed by atoms with Crippen molar-refractivity contribution in [2.45, 2.75) is 6.04 Å². The summed E-state index contributed by atoms with van der Waals surface area (Å²) >= 11 is 1.41. The number of nitrogens with zero attached hydrogens (tertiary/aromatic N) is 1. The lowest BCUT2D eigenvalue weighted by atomic mass is 10.2. The molecule has 1 saturated heterocycles. The van der Waals surface area contributed by atoms with Gasteiger partial charge in [0.05, 0.1) is 20.1 Å². The van der Waals surface area contributed by atoms with Gasteiger partial charge in [0.1, 0.15) is 17.5 Å². The van der Waals surface area contributed by atoms with E-state index in [0.717, 1.165) is 0 Å². The van der Waals surface area contributed by atoms with Crippen molar-refractivity contribution >= 4 is 29.4 Å². The minimum absolute atomic E-state index is 0.351. The maximum atomic E-state index is 12.2. The molecule has 2 rings (SSSR count). The fraction of sp³-hybridized carbons (Fsp3) is 0.385. The lowest BCUT2D eigenvalue weighted by Gasteiger charge is -2.21. The van der Waals surface area contributed by atoms with Crippen molar-refractivity contribution in [2.24, 2.45) is 0 Å². The van der Waals surface area contributed by atoms with Gasteiger partial charge in [-0.1, -0.05) is 0 Å². The van der Waals surface area contributed by atoms with E-state index in [1.54, 1.807) is 18.2 Å². The van der Waals surface area contributed by atoms with Gasteiger partial charge < -0.3 is 24.8 Å². The van der Waals surface area contributed by atoms with Crippen LogP contribution in [-0.4, -0.2) is 53.9 Å². The zero-order chi connectivity index (χ0) is 15.4. The number of anilines is 1. The molecular formula is C13H16N2O5S. The van der Waals surface area contributed by atoms with Crippen LogP contribution in [0.15, 0.2) is 18.2 Å². The molecular weight excluding hydrogens is 296 g/mol. The number of thioether (sulfide) groups is 1. The molecule has 1 aliphatic rings. The van der Waals surface area contributed by atoms with Gasteiger partial charge >= 0.3 is 12.0 Å². The Kier molecular flexibility index (Phi) is 4.79. The first-order valence-corrected chi connectivity index (χ1v) is 7.32. The van der Waals surface area contributed by atoms with Crippen molar-refractivity contribution in [3.05, 3.63) is 18.2 Å². The van der Waals surface area contributed by atoms with E-state index < -0.39 is 18.0 Å². The molecule has 1 fully saturated rings. The first-order valence-electron chi connectivity index (χ1n) is 6.16. The number of methoxy groups -OCH3 is 2. The van der Waals surface area contributed by atoms with Crippen LogP contribution >= 0.6 is 11.8 Å². The number of carbonyl (C=O) groups is 2. The second kappa shape index (κ2) is 6.57. The topological polar surface area (TPSA) is 88.1 Å². The third-order valence-corrected chi connectivity index (χ3v) is 4.04. The number of rotatable bonds is 4. The number of ether oxygens (including phenoxy) is 2. The Morgan fingerprint density at radius 3 is 2.43 bits per heavy atom. The number of nitrogens with one attached hydrogen (secondary N) is 1. The Bertz CT molecular complexity index is 529. The zero-order valence-corrected chi connectivity index (χ0v) is 12.5. The van der Waals surface area contributed by atoms with Gasteiger partial charge in [-0.2, -0.15) is 0 Å². The first-order chi connectivity index (χ1) is 10.0. The number of aliphatic carboxylic acids is 1. The van der Waals surface area contributed by atoms with Gasteiger partial charge in [-0.05, 0) is 0 Å². The molecule has 1 aromatic rings. The molecule has 0 saturated carbocycles. The second-order valence-electron chi connectivity index (χ2n) is 4.36. The number of hydrogen-bond donors (Lipinski definition) is 2. The summed E-state index contributed by atoms with van der Waals surface area (Å²) in [6, 6.07) is 3.70. The fourth-order valence-corrected chi connectivity index (χ4v) is 3.07. The molecule has 1 atom stereocenters. The molecule has 1 unspecified atom stereocenters. The van der Waals surface area contributed by atoms with Crippen LogP contribution < -0.4 is 14.8 Å². The smallest absolute Gasteiger partial charge is 0.327 e. The zero-order valence-electron chi connectivity index (χ0n) is 11.7. The summed E-state index contributed by atoms with van der Waals surface area (Å²) in [4.78, 5) is 24.6. The number of urea groups is 1. The van der Waals surface area contributed by atoms with Crippen LogP contribution in [0.2, 0.25) is 0 Å². The Balaban J connectivity index is 2.14. The van der Waals surface area contributed by atoms with Crippen molar-refractivity contribution in [3.63, 3.8) is 0 Å². The van der Waals surface area contributed by atoms with Crippen LogP contribution in [0.5, 0.6) is 11.5 Å². The minimum atomic E-state index is -1.00. The summed E-state index contributed by atoms with van der Waals surface area (Å²) in [5, 5.41) is 11.8. The standard InChI is InChI=1S/C13H16N2O5S/c1-19-9-3-8(4-10(5-9)20-2)14-13(18)15-7-21-6-11(15)12(16)17/h3-5,11H,6-7H2,1-2H3,(H,14,18)(H,16,17). The highest BCUT2D eigenvalue weighted by molar-refractivity contribution is 7.99. The van der Waals surface area contributed by atoms with Crippen molar-refractivity contribution in [1.82, 2.24) is 4.90 Å². The van der Waals surface area contributed by atoms with Crippen molar-refractivity contribution in [1.29, 1.82) is 0 Å². The van der Waals surface area contributed by atoms with E-state index in [2.05, 4.69) is 5.32 Å². The van der Waals surface area contributed by atoms with Crippen LogP contribution in [0.1, 0.15) is 0 Å². The Morgan fingerprint density at radius 2 is 1.90 bits per heavy atom. The van der Waals surface area contributed by atoms with E-state index >= 15 is 0 Å². The highest BCUT2D eigenvalue weighted by atomic mass is 32.2. The average Bonchev–Trinajstić information content (AvgIpc) is 2.96. The van der Waals surface area contributed by atoms with Crippen molar-refractivity contribution in [3.8, 4) is 11.5 Å².